The Morgan fingerprint density at radius 2 is 1.61 bits per heavy atom. The minimum absolute atomic E-state index is 0.00397. The average molecular weight is 438 g/mol. The topological polar surface area (TPSA) is 83.6 Å². The van der Waals surface area contributed by atoms with E-state index in [2.05, 4.69) is 5.32 Å². The maximum atomic E-state index is 13.4. The molecular formula is C23H19FN2O4S. The number of rotatable bonds is 4. The van der Waals surface area contributed by atoms with E-state index in [0.717, 1.165) is 0 Å². The highest BCUT2D eigenvalue weighted by Gasteiger charge is 2.39. The maximum Gasteiger partial charge on any atom is 0.244 e. The molecule has 0 saturated carbocycles. The fourth-order valence-electron chi connectivity index (χ4n) is 3.60. The first-order valence-electron chi connectivity index (χ1n) is 9.60. The van der Waals surface area contributed by atoms with Crippen LogP contribution in [0, 0.1) is 5.82 Å². The second-order valence-electron chi connectivity index (χ2n) is 7.15. The molecule has 0 unspecified atom stereocenters. The van der Waals surface area contributed by atoms with E-state index in [-0.39, 0.29) is 23.5 Å². The van der Waals surface area contributed by atoms with E-state index in [1.807, 2.05) is 0 Å². The summed E-state index contributed by atoms with van der Waals surface area (Å²) in [6.45, 7) is -0.371. The molecule has 0 saturated heterocycles. The predicted octanol–water partition coefficient (Wildman–Crippen LogP) is 3.72. The molecule has 31 heavy (non-hydrogen) atoms. The van der Waals surface area contributed by atoms with Gasteiger partial charge in [0.15, 0.2) is 9.84 Å². The Hall–Kier alpha value is -3.52. The van der Waals surface area contributed by atoms with Crippen LogP contribution in [0.1, 0.15) is 17.2 Å². The molecule has 2 amide bonds. The van der Waals surface area contributed by atoms with Gasteiger partial charge in [0.2, 0.25) is 11.8 Å². The van der Waals surface area contributed by atoms with Crippen molar-refractivity contribution in [1.29, 1.82) is 0 Å². The number of hydrogen-bond acceptors (Lipinski definition) is 4. The highest BCUT2D eigenvalue weighted by molar-refractivity contribution is 7.92. The van der Waals surface area contributed by atoms with Crippen molar-refractivity contribution in [2.75, 3.05) is 16.8 Å². The van der Waals surface area contributed by atoms with E-state index in [1.54, 1.807) is 42.5 Å². The minimum Gasteiger partial charge on any atom is -0.325 e. The first kappa shape index (κ1) is 20.7. The zero-order chi connectivity index (χ0) is 22.0. The number of halogens is 1. The van der Waals surface area contributed by atoms with E-state index < -0.39 is 32.7 Å². The van der Waals surface area contributed by atoms with Gasteiger partial charge in [-0.1, -0.05) is 42.5 Å². The van der Waals surface area contributed by atoms with Gasteiger partial charge in [0, 0.05) is 12.1 Å². The summed E-state index contributed by atoms with van der Waals surface area (Å²) in [7, 11) is -3.87. The highest BCUT2D eigenvalue weighted by Crippen LogP contribution is 2.40. The summed E-state index contributed by atoms with van der Waals surface area (Å²) >= 11 is 0. The average Bonchev–Trinajstić information content (AvgIpc) is 2.85. The number of para-hydroxylation sites is 1. The molecule has 6 nitrogen and oxygen atoms in total. The second-order valence-corrected chi connectivity index (χ2v) is 9.25. The Bertz CT molecular complexity index is 1230. The van der Waals surface area contributed by atoms with Gasteiger partial charge < -0.3 is 10.2 Å². The normalized spacial score (nSPS) is 17.5. The van der Waals surface area contributed by atoms with Crippen LogP contribution < -0.4 is 10.2 Å². The number of nitrogens with one attached hydrogen (secondary N) is 1. The van der Waals surface area contributed by atoms with Crippen molar-refractivity contribution >= 4 is 33.0 Å². The van der Waals surface area contributed by atoms with Crippen LogP contribution >= 0.6 is 0 Å². The fraction of sp³-hybridized carbons (Fsp3) is 0.130. The van der Waals surface area contributed by atoms with Crippen molar-refractivity contribution < 1.29 is 22.4 Å². The summed E-state index contributed by atoms with van der Waals surface area (Å²) in [5, 5.41) is 1.55. The van der Waals surface area contributed by atoms with Crippen molar-refractivity contribution in [2.24, 2.45) is 0 Å². The van der Waals surface area contributed by atoms with Crippen LogP contribution in [0.15, 0.2) is 83.8 Å². The number of sulfone groups is 1. The van der Waals surface area contributed by atoms with Crippen molar-refractivity contribution in [3.05, 3.63) is 90.2 Å². The number of fused-ring (bicyclic) bond motifs is 1. The smallest absolute Gasteiger partial charge is 0.244 e. The lowest BCUT2D eigenvalue weighted by Crippen LogP contribution is -2.38. The molecule has 0 fully saturated rings. The third-order valence-corrected chi connectivity index (χ3v) is 7.25. The van der Waals surface area contributed by atoms with Gasteiger partial charge in [-0.05, 0) is 42.0 Å². The molecule has 158 valence electrons. The maximum absolute atomic E-state index is 13.4. The lowest BCUT2D eigenvalue weighted by Gasteiger charge is -2.21. The molecule has 3 aromatic rings. The SMILES string of the molecule is O=C(CN1C(=O)C[C@@H](c2ccccc2)S(=O)(=O)c2ccccc21)Nc1ccc(F)cc1. The van der Waals surface area contributed by atoms with Crippen molar-refractivity contribution in [3.8, 4) is 0 Å². The quantitative estimate of drug-likeness (QED) is 0.673. The van der Waals surface area contributed by atoms with E-state index in [4.69, 9.17) is 0 Å². The zero-order valence-electron chi connectivity index (χ0n) is 16.4. The van der Waals surface area contributed by atoms with Gasteiger partial charge in [0.1, 0.15) is 12.4 Å². The molecule has 1 N–H and O–H groups in total. The van der Waals surface area contributed by atoms with Crippen LogP contribution in [0.3, 0.4) is 0 Å². The van der Waals surface area contributed by atoms with Gasteiger partial charge in [-0.25, -0.2) is 12.8 Å². The fourth-order valence-corrected chi connectivity index (χ4v) is 5.52. The number of nitrogens with zero attached hydrogens (tertiary/aromatic N) is 1. The number of benzene rings is 3. The minimum atomic E-state index is -3.87. The zero-order valence-corrected chi connectivity index (χ0v) is 17.2. The lowest BCUT2D eigenvalue weighted by atomic mass is 10.1. The van der Waals surface area contributed by atoms with E-state index >= 15 is 0 Å². The molecule has 1 aliphatic heterocycles. The van der Waals surface area contributed by atoms with Crippen molar-refractivity contribution in [1.82, 2.24) is 0 Å². The Morgan fingerprint density at radius 1 is 0.968 bits per heavy atom. The number of amides is 2. The highest BCUT2D eigenvalue weighted by atomic mass is 32.2. The summed E-state index contributed by atoms with van der Waals surface area (Å²) in [4.78, 5) is 26.9. The van der Waals surface area contributed by atoms with Gasteiger partial charge in [-0.2, -0.15) is 0 Å². The Balaban J connectivity index is 1.68. The molecular weight excluding hydrogens is 419 g/mol. The van der Waals surface area contributed by atoms with Gasteiger partial charge in [-0.3, -0.25) is 9.59 Å². The summed E-state index contributed by atoms with van der Waals surface area (Å²) < 4.78 is 39.9. The van der Waals surface area contributed by atoms with Crippen molar-refractivity contribution in [2.45, 2.75) is 16.6 Å². The summed E-state index contributed by atoms with van der Waals surface area (Å²) in [6.07, 6.45) is -0.287. The van der Waals surface area contributed by atoms with E-state index in [1.165, 1.54) is 41.3 Å². The number of carbonyl (C=O) groups excluding carboxylic acids is 2. The molecule has 1 aliphatic rings. The first-order valence-corrected chi connectivity index (χ1v) is 11.1. The van der Waals surface area contributed by atoms with Crippen LogP contribution in [0.5, 0.6) is 0 Å². The molecule has 1 atom stereocenters. The van der Waals surface area contributed by atoms with E-state index in [9.17, 15) is 22.4 Å². The first-order chi connectivity index (χ1) is 14.9. The Kier molecular flexibility index (Phi) is 5.56. The number of anilines is 2. The molecule has 8 heteroatoms. The van der Waals surface area contributed by atoms with Gasteiger partial charge >= 0.3 is 0 Å². The Labute approximate surface area is 179 Å². The molecule has 0 radical (unpaired) electrons. The third kappa shape index (κ3) is 4.20. The van der Waals surface area contributed by atoms with Gasteiger partial charge in [0.25, 0.3) is 0 Å². The molecule has 0 bridgehead atoms. The summed E-state index contributed by atoms with van der Waals surface area (Å²) in [5.41, 5.74) is 1.06. The largest absolute Gasteiger partial charge is 0.325 e. The van der Waals surface area contributed by atoms with Gasteiger partial charge in [-0.15, -0.1) is 0 Å². The molecule has 3 aromatic carbocycles. The van der Waals surface area contributed by atoms with Crippen molar-refractivity contribution in [3.63, 3.8) is 0 Å². The van der Waals surface area contributed by atoms with Crippen LogP contribution in [0.4, 0.5) is 15.8 Å². The second kappa shape index (κ2) is 8.31. The standard InChI is InChI=1S/C23H19FN2O4S/c24-17-10-12-18(13-11-17)25-22(27)15-26-19-8-4-5-9-20(19)31(29,30)21(14-23(26)28)16-6-2-1-3-7-16/h1-13,21H,14-15H2,(H,25,27)/t21-/m0/s1. The monoisotopic (exact) mass is 438 g/mol. The molecule has 0 aromatic heterocycles. The predicted molar refractivity (Wildman–Crippen MR) is 115 cm³/mol. The van der Waals surface area contributed by atoms with Crippen LogP contribution in [0.2, 0.25) is 0 Å². The Morgan fingerprint density at radius 3 is 2.32 bits per heavy atom. The molecule has 4 rings (SSSR count). The van der Waals surface area contributed by atoms with Crippen LogP contribution in [-0.4, -0.2) is 26.8 Å². The van der Waals surface area contributed by atoms with Crippen LogP contribution in [0.25, 0.3) is 0 Å². The number of hydrogen-bond donors (Lipinski definition) is 1. The third-order valence-electron chi connectivity index (χ3n) is 5.10. The molecule has 1 heterocycles. The van der Waals surface area contributed by atoms with Gasteiger partial charge in [0.05, 0.1) is 15.8 Å². The number of carbonyl (C=O) groups is 2. The van der Waals surface area contributed by atoms with Crippen LogP contribution in [-0.2, 0) is 19.4 Å². The molecule has 0 aliphatic carbocycles. The lowest BCUT2D eigenvalue weighted by molar-refractivity contribution is -0.121. The summed E-state index contributed by atoms with van der Waals surface area (Å²) in [5.74, 6) is -1.44. The van der Waals surface area contributed by atoms with E-state index in [0.29, 0.717) is 11.3 Å². The summed E-state index contributed by atoms with van der Waals surface area (Å²) in [6, 6.07) is 20.0. The molecule has 0 spiro atoms.